The Kier molecular flexibility index (Phi) is 7.67. The zero-order chi connectivity index (χ0) is 24.1. The van der Waals surface area contributed by atoms with E-state index in [2.05, 4.69) is 20.7 Å². The van der Waals surface area contributed by atoms with Crippen molar-refractivity contribution in [2.45, 2.75) is 19.0 Å². The average Bonchev–Trinajstić information content (AvgIpc) is 3.25. The van der Waals surface area contributed by atoms with Crippen LogP contribution in [0.1, 0.15) is 16.7 Å². The van der Waals surface area contributed by atoms with Crippen molar-refractivity contribution >= 4 is 47.1 Å². The number of aryl methyl sites for hydroxylation is 2. The van der Waals surface area contributed by atoms with E-state index in [-0.39, 0.29) is 11.7 Å². The summed E-state index contributed by atoms with van der Waals surface area (Å²) in [5.41, 5.74) is 7.30. The third-order valence-electron chi connectivity index (χ3n) is 4.94. The number of hydrogen-bond acceptors (Lipinski definition) is 5. The van der Waals surface area contributed by atoms with Gasteiger partial charge in [-0.05, 0) is 32.0 Å². The maximum atomic E-state index is 12.4. The van der Waals surface area contributed by atoms with E-state index in [4.69, 9.17) is 23.2 Å². The van der Waals surface area contributed by atoms with Crippen LogP contribution in [0.3, 0.4) is 0 Å². The number of rotatable bonds is 7. The summed E-state index contributed by atoms with van der Waals surface area (Å²) in [7, 11) is 0. The van der Waals surface area contributed by atoms with Gasteiger partial charge in [0.15, 0.2) is 11.0 Å². The zero-order valence-electron chi connectivity index (χ0n) is 18.5. The Balaban J connectivity index is 1.51. The lowest BCUT2D eigenvalue weighted by molar-refractivity contribution is -0.118. The first-order chi connectivity index (χ1) is 16.4. The number of amides is 1. The molecular formula is C25H21Cl2N5OS. The standard InChI is InChI=1S/C25H21Cl2N5OS/c1-16-6-10-18(11-7-16)24-30-31-25(32(24)20-12-8-17(2)9-13-20)34-15-22(33)29-28-14-19-4-3-5-21(26)23(19)27/h3-14H,15H2,1-2H3,(H,29,33)/b28-14-. The number of aromatic nitrogens is 3. The number of nitrogens with zero attached hydrogens (tertiary/aromatic N) is 4. The predicted octanol–water partition coefficient (Wildman–Crippen LogP) is 6.10. The van der Waals surface area contributed by atoms with Crippen molar-refractivity contribution in [3.63, 3.8) is 0 Å². The fraction of sp³-hybridized carbons (Fsp3) is 0.120. The molecule has 0 aliphatic rings. The van der Waals surface area contributed by atoms with E-state index in [0.717, 1.165) is 22.4 Å². The Hall–Kier alpha value is -3.13. The Morgan fingerprint density at radius 3 is 2.38 bits per heavy atom. The quantitative estimate of drug-likeness (QED) is 0.185. The minimum atomic E-state index is -0.283. The monoisotopic (exact) mass is 509 g/mol. The minimum absolute atomic E-state index is 0.110. The number of carbonyl (C=O) groups is 1. The van der Waals surface area contributed by atoms with E-state index < -0.39 is 0 Å². The molecule has 6 nitrogen and oxygen atoms in total. The Labute approximate surface area is 212 Å². The van der Waals surface area contributed by atoms with Crippen molar-refractivity contribution in [2.24, 2.45) is 5.10 Å². The molecule has 0 atom stereocenters. The van der Waals surface area contributed by atoms with Crippen LogP contribution in [0.25, 0.3) is 17.1 Å². The highest BCUT2D eigenvalue weighted by Gasteiger charge is 2.17. The molecule has 0 radical (unpaired) electrons. The smallest absolute Gasteiger partial charge is 0.250 e. The lowest BCUT2D eigenvalue weighted by atomic mass is 10.1. The summed E-state index contributed by atoms with van der Waals surface area (Å²) in [5.74, 6) is 0.536. The molecule has 34 heavy (non-hydrogen) atoms. The van der Waals surface area contributed by atoms with E-state index in [1.54, 1.807) is 18.2 Å². The molecule has 0 bridgehead atoms. The number of nitrogens with one attached hydrogen (secondary N) is 1. The van der Waals surface area contributed by atoms with Gasteiger partial charge in [-0.1, -0.05) is 94.6 Å². The van der Waals surface area contributed by atoms with Crippen molar-refractivity contribution in [1.29, 1.82) is 0 Å². The molecule has 0 saturated carbocycles. The van der Waals surface area contributed by atoms with Crippen molar-refractivity contribution in [2.75, 3.05) is 5.75 Å². The number of hydrazone groups is 1. The molecule has 1 N–H and O–H groups in total. The molecule has 0 unspecified atom stereocenters. The SMILES string of the molecule is Cc1ccc(-c2nnc(SCC(=O)N/N=C\c3cccc(Cl)c3Cl)n2-c2ccc(C)cc2)cc1. The highest BCUT2D eigenvalue weighted by Crippen LogP contribution is 2.28. The van der Waals surface area contributed by atoms with Gasteiger partial charge in [0.05, 0.1) is 22.0 Å². The van der Waals surface area contributed by atoms with Crippen LogP contribution in [0.2, 0.25) is 10.0 Å². The average molecular weight is 510 g/mol. The fourth-order valence-corrected chi connectivity index (χ4v) is 4.24. The second-order valence-electron chi connectivity index (χ2n) is 7.57. The van der Waals surface area contributed by atoms with Crippen LogP contribution in [0, 0.1) is 13.8 Å². The molecule has 0 aliphatic carbocycles. The van der Waals surface area contributed by atoms with Crippen LogP contribution in [-0.4, -0.2) is 32.6 Å². The van der Waals surface area contributed by atoms with Crippen molar-refractivity contribution < 1.29 is 4.79 Å². The molecule has 4 aromatic rings. The highest BCUT2D eigenvalue weighted by atomic mass is 35.5. The molecule has 4 rings (SSSR count). The van der Waals surface area contributed by atoms with Gasteiger partial charge in [0.25, 0.3) is 5.91 Å². The normalized spacial score (nSPS) is 11.2. The van der Waals surface area contributed by atoms with Crippen LogP contribution in [0.5, 0.6) is 0 Å². The first kappa shape index (κ1) is 24.0. The van der Waals surface area contributed by atoms with E-state index in [1.807, 2.05) is 66.9 Å². The highest BCUT2D eigenvalue weighted by molar-refractivity contribution is 7.99. The Morgan fingerprint density at radius 1 is 1.00 bits per heavy atom. The van der Waals surface area contributed by atoms with E-state index in [9.17, 15) is 4.79 Å². The third-order valence-corrected chi connectivity index (χ3v) is 6.70. The Bertz CT molecular complexity index is 1330. The molecule has 172 valence electrons. The zero-order valence-corrected chi connectivity index (χ0v) is 20.8. The number of carbonyl (C=O) groups excluding carboxylic acids is 1. The summed E-state index contributed by atoms with van der Waals surface area (Å²) in [6.07, 6.45) is 1.46. The molecule has 0 saturated heterocycles. The first-order valence-corrected chi connectivity index (χ1v) is 12.1. The van der Waals surface area contributed by atoms with Gasteiger partial charge in [-0.15, -0.1) is 10.2 Å². The van der Waals surface area contributed by atoms with Crippen molar-refractivity contribution in [1.82, 2.24) is 20.2 Å². The minimum Gasteiger partial charge on any atom is -0.272 e. The predicted molar refractivity (Wildman–Crippen MR) is 139 cm³/mol. The molecule has 9 heteroatoms. The van der Waals surface area contributed by atoms with Crippen LogP contribution in [-0.2, 0) is 4.79 Å². The summed E-state index contributed by atoms with van der Waals surface area (Å²) in [6, 6.07) is 21.4. The summed E-state index contributed by atoms with van der Waals surface area (Å²) < 4.78 is 1.96. The molecular weight excluding hydrogens is 489 g/mol. The maximum Gasteiger partial charge on any atom is 0.250 e. The summed E-state index contributed by atoms with van der Waals surface area (Å²) in [5, 5.41) is 14.2. The number of halogens is 2. The van der Waals surface area contributed by atoms with Crippen LogP contribution < -0.4 is 5.43 Å². The van der Waals surface area contributed by atoms with Gasteiger partial charge in [0, 0.05) is 16.8 Å². The molecule has 1 aromatic heterocycles. The maximum absolute atomic E-state index is 12.4. The molecule has 0 fully saturated rings. The second kappa shape index (κ2) is 10.9. The largest absolute Gasteiger partial charge is 0.272 e. The van der Waals surface area contributed by atoms with Gasteiger partial charge in [0.2, 0.25) is 0 Å². The molecule has 3 aromatic carbocycles. The molecule has 1 heterocycles. The van der Waals surface area contributed by atoms with Crippen LogP contribution in [0.4, 0.5) is 0 Å². The van der Waals surface area contributed by atoms with Crippen molar-refractivity contribution in [3.8, 4) is 17.1 Å². The number of benzene rings is 3. The number of hydrogen-bond donors (Lipinski definition) is 1. The van der Waals surface area contributed by atoms with E-state index in [0.29, 0.717) is 26.6 Å². The van der Waals surface area contributed by atoms with Crippen molar-refractivity contribution in [3.05, 3.63) is 93.5 Å². The van der Waals surface area contributed by atoms with E-state index >= 15 is 0 Å². The topological polar surface area (TPSA) is 72.2 Å². The van der Waals surface area contributed by atoms with Gasteiger partial charge < -0.3 is 0 Å². The first-order valence-electron chi connectivity index (χ1n) is 10.4. The van der Waals surface area contributed by atoms with Gasteiger partial charge in [-0.3, -0.25) is 9.36 Å². The molecule has 0 spiro atoms. The van der Waals surface area contributed by atoms with Gasteiger partial charge in [0.1, 0.15) is 0 Å². The Morgan fingerprint density at radius 2 is 1.68 bits per heavy atom. The molecule has 1 amide bonds. The fourth-order valence-electron chi connectivity index (χ4n) is 3.14. The van der Waals surface area contributed by atoms with Crippen LogP contribution >= 0.6 is 35.0 Å². The van der Waals surface area contributed by atoms with Gasteiger partial charge in [-0.25, -0.2) is 5.43 Å². The second-order valence-corrected chi connectivity index (χ2v) is 9.30. The van der Waals surface area contributed by atoms with E-state index in [1.165, 1.54) is 18.0 Å². The summed E-state index contributed by atoms with van der Waals surface area (Å²) in [4.78, 5) is 12.4. The summed E-state index contributed by atoms with van der Waals surface area (Å²) >= 11 is 13.4. The molecule has 0 aliphatic heterocycles. The van der Waals surface area contributed by atoms with Crippen LogP contribution in [0.15, 0.2) is 77.0 Å². The third kappa shape index (κ3) is 5.67. The summed E-state index contributed by atoms with van der Waals surface area (Å²) in [6.45, 7) is 4.07. The number of thioether (sulfide) groups is 1. The lowest BCUT2D eigenvalue weighted by Crippen LogP contribution is -2.20. The van der Waals surface area contributed by atoms with Gasteiger partial charge in [-0.2, -0.15) is 5.10 Å². The van der Waals surface area contributed by atoms with Gasteiger partial charge >= 0.3 is 0 Å². The lowest BCUT2D eigenvalue weighted by Gasteiger charge is -2.11.